The van der Waals surface area contributed by atoms with Crippen molar-refractivity contribution in [3.8, 4) is 0 Å². The van der Waals surface area contributed by atoms with Gasteiger partial charge in [-0.2, -0.15) is 0 Å². The number of hydrogen-bond donors (Lipinski definition) is 2. The molecule has 0 heterocycles. The van der Waals surface area contributed by atoms with Gasteiger partial charge in [0.1, 0.15) is 5.84 Å². The molecule has 2 aliphatic carbocycles. The van der Waals surface area contributed by atoms with E-state index in [1.54, 1.807) is 0 Å². The fourth-order valence-electron chi connectivity index (χ4n) is 2.06. The van der Waals surface area contributed by atoms with Crippen molar-refractivity contribution in [3.05, 3.63) is 0 Å². The van der Waals surface area contributed by atoms with E-state index in [-0.39, 0.29) is 0 Å². The third-order valence-corrected chi connectivity index (χ3v) is 3.01. The molecule has 0 aliphatic heterocycles. The van der Waals surface area contributed by atoms with Crippen molar-refractivity contribution in [1.82, 2.24) is 5.43 Å². The van der Waals surface area contributed by atoms with Crippen LogP contribution in [0.5, 0.6) is 0 Å². The minimum atomic E-state index is 0.590. The highest BCUT2D eigenvalue weighted by Gasteiger charge is 2.22. The van der Waals surface area contributed by atoms with E-state index < -0.39 is 0 Å². The summed E-state index contributed by atoms with van der Waals surface area (Å²) in [5.41, 5.74) is 2.75. The predicted molar refractivity (Wildman–Crippen MR) is 54.4 cm³/mol. The molecule has 2 fully saturated rings. The van der Waals surface area contributed by atoms with E-state index in [4.69, 9.17) is 5.84 Å². The van der Waals surface area contributed by atoms with Gasteiger partial charge in [-0.25, -0.2) is 5.84 Å². The highest BCUT2D eigenvalue weighted by molar-refractivity contribution is 5.82. The molecule has 0 radical (unpaired) electrons. The Bertz CT molecular complexity index is 190. The van der Waals surface area contributed by atoms with E-state index >= 15 is 0 Å². The summed E-state index contributed by atoms with van der Waals surface area (Å²) in [6.45, 7) is 0. The molecule has 0 aromatic rings. The average molecular weight is 181 g/mol. The van der Waals surface area contributed by atoms with Crippen molar-refractivity contribution in [1.29, 1.82) is 0 Å². The molecule has 74 valence electrons. The van der Waals surface area contributed by atoms with Crippen LogP contribution in [0.3, 0.4) is 0 Å². The van der Waals surface area contributed by atoms with Gasteiger partial charge in [0, 0.05) is 6.42 Å². The molecule has 2 rings (SSSR count). The number of aliphatic imine (C=N–C) groups is 1. The summed E-state index contributed by atoms with van der Waals surface area (Å²) in [5, 5.41) is 0. The van der Waals surface area contributed by atoms with E-state index in [1.165, 1.54) is 38.5 Å². The van der Waals surface area contributed by atoms with Crippen molar-refractivity contribution in [3.63, 3.8) is 0 Å². The fourth-order valence-corrected chi connectivity index (χ4v) is 2.06. The lowest BCUT2D eigenvalue weighted by molar-refractivity contribution is 0.564. The molecule has 0 bridgehead atoms. The van der Waals surface area contributed by atoms with E-state index in [1.807, 2.05) is 0 Å². The van der Waals surface area contributed by atoms with Gasteiger partial charge < -0.3 is 5.43 Å². The van der Waals surface area contributed by atoms with Crippen molar-refractivity contribution in [2.45, 2.75) is 51.0 Å². The van der Waals surface area contributed by atoms with Crippen LogP contribution in [-0.2, 0) is 0 Å². The van der Waals surface area contributed by atoms with Crippen LogP contribution in [0.1, 0.15) is 44.9 Å². The molecule has 0 spiro atoms. The van der Waals surface area contributed by atoms with Gasteiger partial charge >= 0.3 is 0 Å². The standard InChI is InChI=1S/C10H19N3/c11-13-10(12-9-5-6-9)7-8-3-1-2-4-8/h8-9H,1-7,11H2,(H,12,13). The minimum Gasteiger partial charge on any atom is -0.312 e. The van der Waals surface area contributed by atoms with Crippen molar-refractivity contribution >= 4 is 5.84 Å². The Kier molecular flexibility index (Phi) is 2.83. The molecule has 2 saturated carbocycles. The Hall–Kier alpha value is -0.570. The molecule has 0 unspecified atom stereocenters. The third-order valence-electron chi connectivity index (χ3n) is 3.01. The van der Waals surface area contributed by atoms with Crippen LogP contribution in [0.2, 0.25) is 0 Å². The van der Waals surface area contributed by atoms with Crippen LogP contribution in [0, 0.1) is 5.92 Å². The van der Waals surface area contributed by atoms with Gasteiger partial charge in [-0.05, 0) is 18.8 Å². The first-order valence-corrected chi connectivity index (χ1v) is 5.42. The van der Waals surface area contributed by atoms with Crippen molar-refractivity contribution in [2.75, 3.05) is 0 Å². The number of nitrogens with two attached hydrogens (primary N) is 1. The molecule has 3 heteroatoms. The lowest BCUT2D eigenvalue weighted by atomic mass is 10.0. The number of hydrazine groups is 1. The topological polar surface area (TPSA) is 50.4 Å². The van der Waals surface area contributed by atoms with Crippen LogP contribution in [-0.4, -0.2) is 11.9 Å². The van der Waals surface area contributed by atoms with E-state index in [2.05, 4.69) is 10.4 Å². The third kappa shape index (κ3) is 2.69. The maximum atomic E-state index is 5.45. The van der Waals surface area contributed by atoms with Crippen molar-refractivity contribution < 1.29 is 0 Å². The average Bonchev–Trinajstić information content (AvgIpc) is 2.80. The number of rotatable bonds is 3. The molecule has 0 saturated heterocycles. The normalized spacial score (nSPS) is 25.2. The summed E-state index contributed by atoms with van der Waals surface area (Å²) in [7, 11) is 0. The maximum absolute atomic E-state index is 5.45. The van der Waals surface area contributed by atoms with Crippen LogP contribution in [0.4, 0.5) is 0 Å². The molecule has 0 aromatic heterocycles. The molecular weight excluding hydrogens is 162 g/mol. The largest absolute Gasteiger partial charge is 0.312 e. The predicted octanol–water partition coefficient (Wildman–Crippen LogP) is 1.59. The second-order valence-electron chi connectivity index (χ2n) is 4.31. The molecule has 2 aliphatic rings. The fraction of sp³-hybridized carbons (Fsp3) is 0.900. The zero-order valence-corrected chi connectivity index (χ0v) is 8.13. The van der Waals surface area contributed by atoms with Gasteiger partial charge in [-0.15, -0.1) is 0 Å². The molecule has 0 amide bonds. The first-order chi connectivity index (χ1) is 6.38. The minimum absolute atomic E-state index is 0.590. The Morgan fingerprint density at radius 2 is 1.92 bits per heavy atom. The lowest BCUT2D eigenvalue weighted by Crippen LogP contribution is -2.32. The van der Waals surface area contributed by atoms with Gasteiger partial charge in [0.2, 0.25) is 0 Å². The number of nitrogens with zero attached hydrogens (tertiary/aromatic N) is 1. The van der Waals surface area contributed by atoms with Gasteiger partial charge in [0.05, 0.1) is 6.04 Å². The van der Waals surface area contributed by atoms with E-state index in [0.29, 0.717) is 6.04 Å². The van der Waals surface area contributed by atoms with E-state index in [9.17, 15) is 0 Å². The summed E-state index contributed by atoms with van der Waals surface area (Å²) in [5.74, 6) is 7.32. The molecular formula is C10H19N3. The number of amidine groups is 1. The number of nitrogens with one attached hydrogen (secondary N) is 1. The highest BCUT2D eigenvalue weighted by atomic mass is 15.3. The zero-order chi connectivity index (χ0) is 9.10. The molecule has 3 nitrogen and oxygen atoms in total. The summed E-state index contributed by atoms with van der Waals surface area (Å²) >= 11 is 0. The van der Waals surface area contributed by atoms with Gasteiger partial charge in [0.25, 0.3) is 0 Å². The van der Waals surface area contributed by atoms with Crippen LogP contribution in [0.15, 0.2) is 4.99 Å². The maximum Gasteiger partial charge on any atom is 0.111 e. The van der Waals surface area contributed by atoms with Gasteiger partial charge in [0.15, 0.2) is 0 Å². The summed E-state index contributed by atoms with van der Waals surface area (Å²) in [6.07, 6.45) is 9.12. The number of hydrogen-bond acceptors (Lipinski definition) is 2. The highest BCUT2D eigenvalue weighted by Crippen LogP contribution is 2.29. The summed E-state index contributed by atoms with van der Waals surface area (Å²) in [6, 6.07) is 0.590. The van der Waals surface area contributed by atoms with Crippen LogP contribution < -0.4 is 11.3 Å². The second-order valence-corrected chi connectivity index (χ2v) is 4.31. The van der Waals surface area contributed by atoms with Crippen LogP contribution in [0.25, 0.3) is 0 Å². The monoisotopic (exact) mass is 181 g/mol. The quantitative estimate of drug-likeness (QED) is 0.301. The van der Waals surface area contributed by atoms with Gasteiger partial charge in [-0.3, -0.25) is 4.99 Å². The van der Waals surface area contributed by atoms with Crippen molar-refractivity contribution in [2.24, 2.45) is 16.8 Å². The first kappa shape index (κ1) is 9.00. The molecule has 0 aromatic carbocycles. The Morgan fingerprint density at radius 1 is 1.23 bits per heavy atom. The molecule has 3 N–H and O–H groups in total. The lowest BCUT2D eigenvalue weighted by Gasteiger charge is -2.10. The summed E-state index contributed by atoms with van der Waals surface area (Å²) in [4.78, 5) is 4.55. The smallest absolute Gasteiger partial charge is 0.111 e. The summed E-state index contributed by atoms with van der Waals surface area (Å²) < 4.78 is 0. The first-order valence-electron chi connectivity index (χ1n) is 5.42. The SMILES string of the molecule is NNC(CC1CCCC1)=NC1CC1. The molecule has 0 atom stereocenters. The zero-order valence-electron chi connectivity index (χ0n) is 8.13. The Balaban J connectivity index is 1.81. The van der Waals surface area contributed by atoms with Gasteiger partial charge in [-0.1, -0.05) is 25.7 Å². The molecule has 13 heavy (non-hydrogen) atoms. The Labute approximate surface area is 79.8 Å². The second kappa shape index (κ2) is 4.09. The van der Waals surface area contributed by atoms with Crippen LogP contribution >= 0.6 is 0 Å². The Morgan fingerprint density at radius 3 is 2.46 bits per heavy atom. The van der Waals surface area contributed by atoms with E-state index in [0.717, 1.165) is 18.2 Å².